The summed E-state index contributed by atoms with van der Waals surface area (Å²) in [6.45, 7) is 5.58. The highest BCUT2D eigenvalue weighted by Gasteiger charge is 2.14. The van der Waals surface area contributed by atoms with Crippen LogP contribution in [0, 0.1) is 0 Å². The first-order valence-corrected chi connectivity index (χ1v) is 6.57. The Morgan fingerprint density at radius 1 is 1.22 bits per heavy atom. The Morgan fingerprint density at radius 2 is 1.94 bits per heavy atom. The number of hydrogen-bond donors (Lipinski definition) is 2. The molecule has 0 saturated carbocycles. The molecule has 1 atom stereocenters. The Balaban J connectivity index is 1.61. The van der Waals surface area contributed by atoms with Gasteiger partial charge in [0.2, 0.25) is 0 Å². The Hall–Kier alpha value is -0.940. The van der Waals surface area contributed by atoms with Gasteiger partial charge < -0.3 is 15.2 Å². The molecule has 4 heteroatoms. The lowest BCUT2D eigenvalue weighted by atomic mass is 10.2. The molecule has 0 radical (unpaired) electrons. The van der Waals surface area contributed by atoms with E-state index in [-0.39, 0.29) is 6.10 Å². The summed E-state index contributed by atoms with van der Waals surface area (Å²) in [5, 5.41) is 13.2. The van der Waals surface area contributed by atoms with Crippen LogP contribution in [-0.4, -0.2) is 55.5 Å². The Labute approximate surface area is 109 Å². The molecule has 0 aliphatic carbocycles. The van der Waals surface area contributed by atoms with Crippen LogP contribution in [0.1, 0.15) is 5.56 Å². The molecule has 2 rings (SSSR count). The molecule has 1 aliphatic rings. The van der Waals surface area contributed by atoms with E-state index in [1.807, 2.05) is 18.2 Å². The molecule has 100 valence electrons. The first kappa shape index (κ1) is 13.5. The second-order valence-electron chi connectivity index (χ2n) is 4.68. The van der Waals surface area contributed by atoms with Crippen LogP contribution in [0.4, 0.5) is 0 Å². The van der Waals surface area contributed by atoms with Crippen molar-refractivity contribution in [3.8, 4) is 0 Å². The van der Waals surface area contributed by atoms with Crippen molar-refractivity contribution in [2.75, 3.05) is 39.4 Å². The quantitative estimate of drug-likeness (QED) is 0.770. The minimum atomic E-state index is -0.313. The number of nitrogens with zero attached hydrogens (tertiary/aromatic N) is 1. The molecule has 1 aromatic rings. The highest BCUT2D eigenvalue weighted by Crippen LogP contribution is 2.00. The third kappa shape index (κ3) is 4.74. The lowest BCUT2D eigenvalue weighted by Crippen LogP contribution is -2.43. The molecule has 18 heavy (non-hydrogen) atoms. The molecular formula is C14H22N2O2. The zero-order valence-electron chi connectivity index (χ0n) is 10.7. The summed E-state index contributed by atoms with van der Waals surface area (Å²) in [5.74, 6) is 0. The van der Waals surface area contributed by atoms with E-state index in [0.29, 0.717) is 6.54 Å². The minimum absolute atomic E-state index is 0.313. The molecule has 1 fully saturated rings. The maximum Gasteiger partial charge on any atom is 0.0791 e. The fourth-order valence-corrected chi connectivity index (χ4v) is 2.13. The van der Waals surface area contributed by atoms with Crippen molar-refractivity contribution >= 4 is 0 Å². The van der Waals surface area contributed by atoms with Gasteiger partial charge >= 0.3 is 0 Å². The fourth-order valence-electron chi connectivity index (χ4n) is 2.13. The molecule has 0 amide bonds. The van der Waals surface area contributed by atoms with E-state index in [4.69, 9.17) is 4.74 Å². The molecule has 1 saturated heterocycles. The van der Waals surface area contributed by atoms with Gasteiger partial charge in [-0.05, 0) is 5.56 Å². The number of hydrogen-bond acceptors (Lipinski definition) is 4. The first-order chi connectivity index (χ1) is 8.84. The van der Waals surface area contributed by atoms with Crippen LogP contribution in [0.25, 0.3) is 0 Å². The van der Waals surface area contributed by atoms with Crippen LogP contribution in [0.3, 0.4) is 0 Å². The molecule has 0 spiro atoms. The number of aliphatic hydroxyl groups excluding tert-OH is 1. The molecule has 0 unspecified atom stereocenters. The first-order valence-electron chi connectivity index (χ1n) is 6.57. The van der Waals surface area contributed by atoms with Crippen LogP contribution >= 0.6 is 0 Å². The smallest absolute Gasteiger partial charge is 0.0791 e. The van der Waals surface area contributed by atoms with Gasteiger partial charge in [-0.15, -0.1) is 0 Å². The summed E-state index contributed by atoms with van der Waals surface area (Å²) in [6.07, 6.45) is -0.313. The van der Waals surface area contributed by atoms with Gasteiger partial charge in [0.25, 0.3) is 0 Å². The zero-order chi connectivity index (χ0) is 12.6. The number of nitrogens with one attached hydrogen (secondary N) is 1. The largest absolute Gasteiger partial charge is 0.390 e. The number of benzene rings is 1. The van der Waals surface area contributed by atoms with Crippen molar-refractivity contribution in [2.45, 2.75) is 12.6 Å². The summed E-state index contributed by atoms with van der Waals surface area (Å²) in [4.78, 5) is 2.25. The van der Waals surface area contributed by atoms with Gasteiger partial charge in [0.05, 0.1) is 19.3 Å². The second kappa shape index (κ2) is 7.48. The number of β-amino-alcohol motifs (C(OH)–C–C–N with tert-alkyl or cyclic N) is 1. The van der Waals surface area contributed by atoms with Gasteiger partial charge in [0, 0.05) is 32.7 Å². The Morgan fingerprint density at radius 3 is 2.67 bits per heavy atom. The van der Waals surface area contributed by atoms with Crippen molar-refractivity contribution in [3.05, 3.63) is 35.9 Å². The standard InChI is InChI=1S/C14H22N2O2/c17-14(12-16-6-8-18-9-7-16)11-15-10-13-4-2-1-3-5-13/h1-5,14-15,17H,6-12H2/t14-/m0/s1. The van der Waals surface area contributed by atoms with E-state index in [0.717, 1.165) is 39.4 Å². The van der Waals surface area contributed by atoms with Crippen LogP contribution in [0.5, 0.6) is 0 Å². The third-order valence-corrected chi connectivity index (χ3v) is 3.12. The Bertz CT molecular complexity index is 326. The third-order valence-electron chi connectivity index (χ3n) is 3.12. The van der Waals surface area contributed by atoms with Crippen LogP contribution in [0.2, 0.25) is 0 Å². The van der Waals surface area contributed by atoms with Crippen LogP contribution in [-0.2, 0) is 11.3 Å². The van der Waals surface area contributed by atoms with Gasteiger partial charge in [-0.25, -0.2) is 0 Å². The zero-order valence-corrected chi connectivity index (χ0v) is 10.7. The molecule has 1 aliphatic heterocycles. The summed E-state index contributed by atoms with van der Waals surface area (Å²) < 4.78 is 5.28. The van der Waals surface area contributed by atoms with E-state index in [9.17, 15) is 5.11 Å². The molecule has 0 bridgehead atoms. The van der Waals surface area contributed by atoms with Crippen LogP contribution in [0.15, 0.2) is 30.3 Å². The van der Waals surface area contributed by atoms with Crippen molar-refractivity contribution in [1.29, 1.82) is 0 Å². The fraction of sp³-hybridized carbons (Fsp3) is 0.571. The van der Waals surface area contributed by atoms with Gasteiger partial charge in [-0.3, -0.25) is 4.90 Å². The average Bonchev–Trinajstić information content (AvgIpc) is 2.41. The second-order valence-corrected chi connectivity index (χ2v) is 4.68. The van der Waals surface area contributed by atoms with Gasteiger partial charge in [-0.2, -0.15) is 0 Å². The predicted molar refractivity (Wildman–Crippen MR) is 71.4 cm³/mol. The lowest BCUT2D eigenvalue weighted by Gasteiger charge is -2.28. The molecule has 4 nitrogen and oxygen atoms in total. The van der Waals surface area contributed by atoms with E-state index in [2.05, 4.69) is 22.3 Å². The number of ether oxygens (including phenoxy) is 1. The van der Waals surface area contributed by atoms with Gasteiger partial charge in [0.1, 0.15) is 0 Å². The van der Waals surface area contributed by atoms with Crippen molar-refractivity contribution in [1.82, 2.24) is 10.2 Å². The maximum atomic E-state index is 9.93. The highest BCUT2D eigenvalue weighted by molar-refractivity contribution is 5.14. The normalized spacial score (nSPS) is 18.7. The van der Waals surface area contributed by atoms with Crippen molar-refractivity contribution in [2.24, 2.45) is 0 Å². The van der Waals surface area contributed by atoms with Crippen molar-refractivity contribution in [3.63, 3.8) is 0 Å². The molecule has 1 heterocycles. The molecule has 0 aromatic heterocycles. The highest BCUT2D eigenvalue weighted by atomic mass is 16.5. The number of aliphatic hydroxyl groups is 1. The summed E-state index contributed by atoms with van der Waals surface area (Å²) in [6, 6.07) is 10.2. The predicted octanol–water partition coefficient (Wildman–Crippen LogP) is 0.469. The summed E-state index contributed by atoms with van der Waals surface area (Å²) in [7, 11) is 0. The van der Waals surface area contributed by atoms with Crippen LogP contribution < -0.4 is 5.32 Å². The number of morpholine rings is 1. The van der Waals surface area contributed by atoms with E-state index in [1.165, 1.54) is 5.56 Å². The summed E-state index contributed by atoms with van der Waals surface area (Å²) >= 11 is 0. The maximum absolute atomic E-state index is 9.93. The van der Waals surface area contributed by atoms with Gasteiger partial charge in [-0.1, -0.05) is 30.3 Å². The van der Waals surface area contributed by atoms with E-state index >= 15 is 0 Å². The topological polar surface area (TPSA) is 44.7 Å². The summed E-state index contributed by atoms with van der Waals surface area (Å²) in [5.41, 5.74) is 1.25. The Kier molecular flexibility index (Phi) is 5.61. The average molecular weight is 250 g/mol. The minimum Gasteiger partial charge on any atom is -0.390 e. The SMILES string of the molecule is O[C@@H](CNCc1ccccc1)CN1CCOCC1. The molecular weight excluding hydrogens is 228 g/mol. The van der Waals surface area contributed by atoms with Gasteiger partial charge in [0.15, 0.2) is 0 Å². The van der Waals surface area contributed by atoms with Crippen molar-refractivity contribution < 1.29 is 9.84 Å². The van der Waals surface area contributed by atoms with E-state index in [1.54, 1.807) is 0 Å². The lowest BCUT2D eigenvalue weighted by molar-refractivity contribution is 0.0149. The monoisotopic (exact) mass is 250 g/mol. The molecule has 1 aromatic carbocycles. The molecule has 2 N–H and O–H groups in total. The van der Waals surface area contributed by atoms with E-state index < -0.39 is 0 Å². The number of rotatable bonds is 6.